The van der Waals surface area contributed by atoms with Gasteiger partial charge in [-0.3, -0.25) is 0 Å². The molecule has 0 spiro atoms. The molecule has 3 rings (SSSR count). The molecule has 122 valence electrons. The van der Waals surface area contributed by atoms with Crippen LogP contribution in [0.15, 0.2) is 67.0 Å². The standard InChI is InChI=1S/C19H20N4O/c1-24-17-9-7-15(8-10-17)11-12-20-18-13-19(22-14-21-18)23-16-5-3-2-4-6-16/h2-10,13-14H,11-12H2,1H3,(H2,20,21,22,23). The van der Waals surface area contributed by atoms with E-state index in [1.807, 2.05) is 48.5 Å². The van der Waals surface area contributed by atoms with E-state index in [4.69, 9.17) is 4.74 Å². The molecule has 2 N–H and O–H groups in total. The van der Waals surface area contributed by atoms with Crippen molar-refractivity contribution in [2.75, 3.05) is 24.3 Å². The van der Waals surface area contributed by atoms with Crippen LogP contribution in [0.5, 0.6) is 5.75 Å². The van der Waals surface area contributed by atoms with E-state index >= 15 is 0 Å². The molecular formula is C19H20N4O. The summed E-state index contributed by atoms with van der Waals surface area (Å²) in [5, 5.41) is 6.59. The van der Waals surface area contributed by atoms with Gasteiger partial charge >= 0.3 is 0 Å². The Morgan fingerprint density at radius 3 is 2.42 bits per heavy atom. The molecule has 0 atom stereocenters. The molecule has 0 aliphatic carbocycles. The van der Waals surface area contributed by atoms with E-state index in [9.17, 15) is 0 Å². The van der Waals surface area contributed by atoms with Gasteiger partial charge in [-0.25, -0.2) is 9.97 Å². The van der Waals surface area contributed by atoms with Crippen molar-refractivity contribution in [3.63, 3.8) is 0 Å². The second kappa shape index (κ2) is 7.97. The number of anilines is 3. The van der Waals surface area contributed by atoms with E-state index < -0.39 is 0 Å². The highest BCUT2D eigenvalue weighted by molar-refractivity contribution is 5.58. The first-order valence-electron chi connectivity index (χ1n) is 7.84. The fourth-order valence-corrected chi connectivity index (χ4v) is 2.32. The lowest BCUT2D eigenvalue weighted by Crippen LogP contribution is -2.07. The van der Waals surface area contributed by atoms with E-state index in [2.05, 4.69) is 32.7 Å². The van der Waals surface area contributed by atoms with Crippen LogP contribution < -0.4 is 15.4 Å². The SMILES string of the molecule is COc1ccc(CCNc2cc(Nc3ccccc3)ncn2)cc1. The second-order valence-corrected chi connectivity index (χ2v) is 5.30. The summed E-state index contributed by atoms with van der Waals surface area (Å²) < 4.78 is 5.17. The lowest BCUT2D eigenvalue weighted by molar-refractivity contribution is 0.414. The Bertz CT molecular complexity index is 760. The normalized spacial score (nSPS) is 10.2. The zero-order chi connectivity index (χ0) is 16.6. The molecule has 5 heteroatoms. The Balaban J connectivity index is 1.54. The van der Waals surface area contributed by atoms with E-state index in [1.165, 1.54) is 5.56 Å². The van der Waals surface area contributed by atoms with Gasteiger partial charge in [0.1, 0.15) is 23.7 Å². The summed E-state index contributed by atoms with van der Waals surface area (Å²) in [6.45, 7) is 0.800. The Morgan fingerprint density at radius 2 is 1.67 bits per heavy atom. The number of para-hydroxylation sites is 1. The third-order valence-corrected chi connectivity index (χ3v) is 3.59. The van der Waals surface area contributed by atoms with E-state index in [0.29, 0.717) is 0 Å². The molecule has 0 radical (unpaired) electrons. The lowest BCUT2D eigenvalue weighted by Gasteiger charge is -2.09. The predicted octanol–water partition coefficient (Wildman–Crippen LogP) is 3.88. The van der Waals surface area contributed by atoms with Crippen LogP contribution in [-0.2, 0) is 6.42 Å². The summed E-state index contributed by atoms with van der Waals surface area (Å²) in [7, 11) is 1.67. The summed E-state index contributed by atoms with van der Waals surface area (Å²) in [5.41, 5.74) is 2.25. The van der Waals surface area contributed by atoms with Crippen LogP contribution in [0.25, 0.3) is 0 Å². The van der Waals surface area contributed by atoms with Gasteiger partial charge in [-0.2, -0.15) is 0 Å². The molecule has 0 saturated heterocycles. The van der Waals surface area contributed by atoms with Gasteiger partial charge in [-0.15, -0.1) is 0 Å². The van der Waals surface area contributed by atoms with Gasteiger partial charge in [0.25, 0.3) is 0 Å². The Kier molecular flexibility index (Phi) is 5.24. The van der Waals surface area contributed by atoms with Crippen LogP contribution in [0.2, 0.25) is 0 Å². The van der Waals surface area contributed by atoms with E-state index in [-0.39, 0.29) is 0 Å². The van der Waals surface area contributed by atoms with Crippen molar-refractivity contribution < 1.29 is 4.74 Å². The van der Waals surface area contributed by atoms with Gasteiger partial charge in [0.15, 0.2) is 0 Å². The first kappa shape index (κ1) is 15.8. The van der Waals surface area contributed by atoms with Crippen LogP contribution in [0.4, 0.5) is 17.3 Å². The van der Waals surface area contributed by atoms with Crippen LogP contribution in [-0.4, -0.2) is 23.6 Å². The van der Waals surface area contributed by atoms with Crippen LogP contribution in [0.3, 0.4) is 0 Å². The highest BCUT2D eigenvalue weighted by atomic mass is 16.5. The van der Waals surface area contributed by atoms with Crippen molar-refractivity contribution in [2.45, 2.75) is 6.42 Å². The third-order valence-electron chi connectivity index (χ3n) is 3.59. The van der Waals surface area contributed by atoms with Gasteiger partial charge in [-0.1, -0.05) is 30.3 Å². The zero-order valence-corrected chi connectivity index (χ0v) is 13.6. The summed E-state index contributed by atoms with van der Waals surface area (Å²) in [6.07, 6.45) is 2.47. The van der Waals surface area contributed by atoms with Crippen LogP contribution in [0, 0.1) is 0 Å². The summed E-state index contributed by atoms with van der Waals surface area (Å²) in [5.74, 6) is 2.44. The molecule has 0 bridgehead atoms. The van der Waals surface area contributed by atoms with Gasteiger partial charge in [0, 0.05) is 18.3 Å². The lowest BCUT2D eigenvalue weighted by atomic mass is 10.1. The average Bonchev–Trinajstić information content (AvgIpc) is 2.63. The summed E-state index contributed by atoms with van der Waals surface area (Å²) >= 11 is 0. The minimum atomic E-state index is 0.767. The molecule has 1 heterocycles. The quantitative estimate of drug-likeness (QED) is 0.692. The fraction of sp³-hybridized carbons (Fsp3) is 0.158. The van der Waals surface area contributed by atoms with E-state index in [0.717, 1.165) is 36.0 Å². The van der Waals surface area contributed by atoms with Crippen molar-refractivity contribution >= 4 is 17.3 Å². The molecule has 5 nitrogen and oxygen atoms in total. The number of benzene rings is 2. The number of rotatable bonds is 7. The van der Waals surface area contributed by atoms with Crippen molar-refractivity contribution in [3.8, 4) is 5.75 Å². The number of aromatic nitrogens is 2. The maximum absolute atomic E-state index is 5.17. The third kappa shape index (κ3) is 4.46. The van der Waals surface area contributed by atoms with Gasteiger partial charge < -0.3 is 15.4 Å². The molecule has 3 aromatic rings. The summed E-state index contributed by atoms with van der Waals surface area (Å²) in [6, 6.07) is 19.9. The van der Waals surface area contributed by atoms with Gasteiger partial charge in [0.2, 0.25) is 0 Å². The van der Waals surface area contributed by atoms with Crippen molar-refractivity contribution in [3.05, 3.63) is 72.6 Å². The summed E-state index contributed by atoms with van der Waals surface area (Å²) in [4.78, 5) is 8.50. The first-order valence-corrected chi connectivity index (χ1v) is 7.84. The van der Waals surface area contributed by atoms with Gasteiger partial charge in [-0.05, 0) is 36.2 Å². The van der Waals surface area contributed by atoms with Crippen LogP contribution in [0.1, 0.15) is 5.56 Å². The maximum atomic E-state index is 5.17. The Hall–Kier alpha value is -3.08. The van der Waals surface area contributed by atoms with Gasteiger partial charge in [0.05, 0.1) is 7.11 Å². The number of nitrogens with zero attached hydrogens (tertiary/aromatic N) is 2. The molecule has 0 unspecified atom stereocenters. The predicted molar refractivity (Wildman–Crippen MR) is 96.9 cm³/mol. The molecule has 1 aromatic heterocycles. The minimum absolute atomic E-state index is 0.767. The molecule has 2 aromatic carbocycles. The Labute approximate surface area is 141 Å². The first-order chi connectivity index (χ1) is 11.8. The monoisotopic (exact) mass is 320 g/mol. The van der Waals surface area contributed by atoms with Crippen LogP contribution >= 0.6 is 0 Å². The number of hydrogen-bond acceptors (Lipinski definition) is 5. The molecule has 0 amide bonds. The minimum Gasteiger partial charge on any atom is -0.497 e. The number of ether oxygens (including phenoxy) is 1. The molecule has 24 heavy (non-hydrogen) atoms. The number of methoxy groups -OCH3 is 1. The number of hydrogen-bond donors (Lipinski definition) is 2. The van der Waals surface area contributed by atoms with Crippen molar-refractivity contribution in [1.82, 2.24) is 9.97 Å². The number of nitrogens with one attached hydrogen (secondary N) is 2. The molecular weight excluding hydrogens is 300 g/mol. The topological polar surface area (TPSA) is 59.1 Å². The molecule has 0 saturated carbocycles. The van der Waals surface area contributed by atoms with Crippen molar-refractivity contribution in [2.24, 2.45) is 0 Å². The zero-order valence-electron chi connectivity index (χ0n) is 13.6. The molecule has 0 fully saturated rings. The van der Waals surface area contributed by atoms with E-state index in [1.54, 1.807) is 13.4 Å². The smallest absolute Gasteiger partial charge is 0.135 e. The molecule has 0 aliphatic rings. The highest BCUT2D eigenvalue weighted by Crippen LogP contribution is 2.16. The highest BCUT2D eigenvalue weighted by Gasteiger charge is 2.00. The largest absolute Gasteiger partial charge is 0.497 e. The Morgan fingerprint density at radius 1 is 0.917 bits per heavy atom. The fourth-order valence-electron chi connectivity index (χ4n) is 2.32. The molecule has 0 aliphatic heterocycles. The van der Waals surface area contributed by atoms with Crippen molar-refractivity contribution in [1.29, 1.82) is 0 Å². The second-order valence-electron chi connectivity index (χ2n) is 5.30. The average molecular weight is 320 g/mol. The maximum Gasteiger partial charge on any atom is 0.135 e.